The molecule has 2 aromatic rings. The van der Waals surface area contributed by atoms with Crippen molar-refractivity contribution in [3.8, 4) is 0 Å². The molecule has 1 aromatic carbocycles. The second-order valence-corrected chi connectivity index (χ2v) is 3.46. The number of nitrogens with zero attached hydrogens (tertiary/aromatic N) is 2. The van der Waals surface area contributed by atoms with Crippen molar-refractivity contribution in [2.24, 2.45) is 5.16 Å². The highest BCUT2D eigenvalue weighted by Crippen LogP contribution is 2.01. The molecule has 4 heteroatoms. The zero-order valence-electron chi connectivity index (χ0n) is 9.20. The Hall–Kier alpha value is -1.87. The average molecular weight is 249 g/mol. The van der Waals surface area contributed by atoms with Gasteiger partial charge >= 0.3 is 0 Å². The summed E-state index contributed by atoms with van der Waals surface area (Å²) in [7, 11) is 0. The van der Waals surface area contributed by atoms with Crippen LogP contribution in [0.4, 0.5) is 0 Å². The Morgan fingerprint density at radius 2 is 1.59 bits per heavy atom. The van der Waals surface area contributed by atoms with Crippen LogP contribution >= 0.6 is 0 Å². The number of aromatic nitrogens is 1. The quantitative estimate of drug-likeness (QED) is 0.317. The summed E-state index contributed by atoms with van der Waals surface area (Å²) in [5.74, 6) is 0. The number of halogens is 1. The lowest BCUT2D eigenvalue weighted by Gasteiger charge is -2.00. The van der Waals surface area contributed by atoms with E-state index >= 15 is 0 Å². The maximum Gasteiger partial charge on any atom is 0.194 e. The lowest BCUT2D eigenvalue weighted by Crippen LogP contribution is -3.00. The van der Waals surface area contributed by atoms with E-state index < -0.39 is 0 Å². The minimum absolute atomic E-state index is 0. The van der Waals surface area contributed by atoms with Crippen LogP contribution in [0.25, 0.3) is 0 Å². The van der Waals surface area contributed by atoms with Gasteiger partial charge in [-0.1, -0.05) is 41.6 Å². The van der Waals surface area contributed by atoms with Crippen LogP contribution in [0.3, 0.4) is 0 Å². The Morgan fingerprint density at radius 1 is 1.00 bits per heavy atom. The van der Waals surface area contributed by atoms with E-state index in [1.165, 1.54) is 0 Å². The van der Waals surface area contributed by atoms with Crippen LogP contribution in [-0.2, 0) is 6.54 Å². The number of rotatable bonds is 3. The Morgan fingerprint density at radius 3 is 2.18 bits per heavy atom. The number of benzene rings is 1. The molecule has 0 atom stereocenters. The third-order valence-electron chi connectivity index (χ3n) is 2.34. The highest BCUT2D eigenvalue weighted by atomic mass is 35.5. The van der Waals surface area contributed by atoms with Gasteiger partial charge in [0, 0.05) is 17.7 Å². The maximum absolute atomic E-state index is 9.02. The van der Waals surface area contributed by atoms with E-state index in [2.05, 4.69) is 5.16 Å². The molecule has 0 bridgehead atoms. The Balaban J connectivity index is 0.00000144. The number of hydrogen-bond acceptors (Lipinski definition) is 2. The van der Waals surface area contributed by atoms with Crippen LogP contribution in [0.15, 0.2) is 66.1 Å². The normalized spacial score (nSPS) is 10.7. The molecule has 0 amide bonds. The first-order valence-corrected chi connectivity index (χ1v) is 5.10. The fourth-order valence-corrected chi connectivity index (χ4v) is 1.52. The molecule has 0 saturated heterocycles. The third-order valence-corrected chi connectivity index (χ3v) is 2.34. The van der Waals surface area contributed by atoms with Gasteiger partial charge < -0.3 is 17.6 Å². The number of hydrogen-bond donors (Lipinski definition) is 1. The topological polar surface area (TPSA) is 36.5 Å². The molecule has 0 radical (unpaired) electrons. The van der Waals surface area contributed by atoms with E-state index in [1.807, 2.05) is 65.5 Å². The van der Waals surface area contributed by atoms with Gasteiger partial charge in [0.1, 0.15) is 0 Å². The van der Waals surface area contributed by atoms with Crippen molar-refractivity contribution in [2.45, 2.75) is 6.54 Å². The third kappa shape index (κ3) is 3.57. The zero-order valence-corrected chi connectivity index (χ0v) is 9.96. The van der Waals surface area contributed by atoms with Gasteiger partial charge in [-0.2, -0.15) is 4.57 Å². The summed E-state index contributed by atoms with van der Waals surface area (Å²) in [6.07, 6.45) is 3.88. The van der Waals surface area contributed by atoms with Crippen molar-refractivity contribution in [2.75, 3.05) is 0 Å². The standard InChI is InChI=1S/C13H12N2O.ClH/c16-14-13(12-7-3-1-4-8-12)11-15-9-5-2-6-10-15;/h1-10H,11H2;1H/b14-13-;. The van der Waals surface area contributed by atoms with Crippen molar-refractivity contribution in [3.63, 3.8) is 0 Å². The van der Waals surface area contributed by atoms with Gasteiger partial charge in [-0.15, -0.1) is 0 Å². The smallest absolute Gasteiger partial charge is 0.194 e. The summed E-state index contributed by atoms with van der Waals surface area (Å²) in [6.45, 7) is 0.557. The minimum Gasteiger partial charge on any atom is -1.00 e. The van der Waals surface area contributed by atoms with E-state index in [0.29, 0.717) is 12.3 Å². The molecule has 0 saturated carbocycles. The molecule has 0 aliphatic carbocycles. The fraction of sp³-hybridized carbons (Fsp3) is 0.0769. The molecule has 1 N–H and O–H groups in total. The average Bonchev–Trinajstić information content (AvgIpc) is 2.38. The molecule has 0 unspecified atom stereocenters. The zero-order chi connectivity index (χ0) is 11.2. The fourth-order valence-electron chi connectivity index (χ4n) is 1.52. The molecule has 3 nitrogen and oxygen atoms in total. The summed E-state index contributed by atoms with van der Waals surface area (Å²) in [5, 5.41) is 12.4. The van der Waals surface area contributed by atoms with Gasteiger partial charge in [0.25, 0.3) is 0 Å². The lowest BCUT2D eigenvalue weighted by atomic mass is 10.1. The van der Waals surface area contributed by atoms with Gasteiger partial charge in [-0.25, -0.2) is 0 Å². The molecular formula is C13H13ClN2O. The highest BCUT2D eigenvalue weighted by molar-refractivity contribution is 5.99. The molecule has 1 heterocycles. The maximum atomic E-state index is 9.02. The predicted molar refractivity (Wildman–Crippen MR) is 61.4 cm³/mol. The highest BCUT2D eigenvalue weighted by Gasteiger charge is 2.09. The number of pyridine rings is 1. The van der Waals surface area contributed by atoms with Crippen LogP contribution in [0.5, 0.6) is 0 Å². The lowest BCUT2D eigenvalue weighted by molar-refractivity contribution is -0.681. The minimum atomic E-state index is 0. The Kier molecular flexibility index (Phi) is 5.17. The van der Waals surface area contributed by atoms with Crippen molar-refractivity contribution < 1.29 is 22.2 Å². The summed E-state index contributed by atoms with van der Waals surface area (Å²) < 4.78 is 1.96. The Labute approximate surface area is 106 Å². The van der Waals surface area contributed by atoms with Gasteiger partial charge in [-0.05, 0) is 0 Å². The molecule has 0 aliphatic rings. The first-order valence-electron chi connectivity index (χ1n) is 5.10. The molecule has 0 fully saturated rings. The van der Waals surface area contributed by atoms with Crippen LogP contribution in [0, 0.1) is 0 Å². The summed E-state index contributed by atoms with van der Waals surface area (Å²) in [4.78, 5) is 0. The van der Waals surface area contributed by atoms with Gasteiger partial charge in [0.05, 0.1) is 0 Å². The molecule has 2 rings (SSSR count). The van der Waals surface area contributed by atoms with E-state index in [4.69, 9.17) is 5.21 Å². The van der Waals surface area contributed by atoms with Crippen molar-refractivity contribution in [3.05, 3.63) is 66.5 Å². The van der Waals surface area contributed by atoms with Crippen molar-refractivity contribution in [1.29, 1.82) is 0 Å². The molecular weight excluding hydrogens is 236 g/mol. The van der Waals surface area contributed by atoms with Crippen LogP contribution in [-0.4, -0.2) is 10.9 Å². The second-order valence-electron chi connectivity index (χ2n) is 3.46. The molecule has 0 aliphatic heterocycles. The largest absolute Gasteiger partial charge is 1.00 e. The van der Waals surface area contributed by atoms with E-state index in [-0.39, 0.29) is 12.4 Å². The first-order chi connectivity index (χ1) is 7.90. The number of oxime groups is 1. The van der Waals surface area contributed by atoms with Crippen LogP contribution < -0.4 is 17.0 Å². The van der Waals surface area contributed by atoms with E-state index in [9.17, 15) is 0 Å². The van der Waals surface area contributed by atoms with Crippen molar-refractivity contribution >= 4 is 5.71 Å². The summed E-state index contributed by atoms with van der Waals surface area (Å²) in [5.41, 5.74) is 1.58. The summed E-state index contributed by atoms with van der Waals surface area (Å²) >= 11 is 0. The van der Waals surface area contributed by atoms with Gasteiger partial charge in [-0.3, -0.25) is 0 Å². The molecule has 17 heavy (non-hydrogen) atoms. The predicted octanol–water partition coefficient (Wildman–Crippen LogP) is -1.14. The summed E-state index contributed by atoms with van der Waals surface area (Å²) in [6, 6.07) is 15.5. The SMILES string of the molecule is O/N=C(/C[n+]1ccccc1)c1ccccc1.[Cl-]. The molecule has 88 valence electrons. The molecule has 1 aromatic heterocycles. The van der Waals surface area contributed by atoms with Crippen LogP contribution in [0.1, 0.15) is 5.56 Å². The van der Waals surface area contributed by atoms with E-state index in [1.54, 1.807) is 0 Å². The van der Waals surface area contributed by atoms with E-state index in [0.717, 1.165) is 5.56 Å². The van der Waals surface area contributed by atoms with Crippen LogP contribution in [0.2, 0.25) is 0 Å². The Bertz CT molecular complexity index is 471. The van der Waals surface area contributed by atoms with Gasteiger partial charge in [0.2, 0.25) is 0 Å². The van der Waals surface area contributed by atoms with Gasteiger partial charge in [0.15, 0.2) is 24.7 Å². The van der Waals surface area contributed by atoms with Crippen molar-refractivity contribution in [1.82, 2.24) is 0 Å². The second kappa shape index (κ2) is 6.66. The molecule has 0 spiro atoms. The monoisotopic (exact) mass is 248 g/mol. The first kappa shape index (κ1) is 13.2.